The molecule has 4 heteroatoms. The van der Waals surface area contributed by atoms with Gasteiger partial charge in [0.25, 0.3) is 0 Å². The van der Waals surface area contributed by atoms with Crippen molar-refractivity contribution < 1.29 is 4.79 Å². The number of amides is 1. The highest BCUT2D eigenvalue weighted by molar-refractivity contribution is 5.92. The lowest BCUT2D eigenvalue weighted by Crippen LogP contribution is -2.19. The van der Waals surface area contributed by atoms with Gasteiger partial charge in [-0.2, -0.15) is 0 Å². The van der Waals surface area contributed by atoms with Crippen molar-refractivity contribution >= 4 is 11.6 Å². The van der Waals surface area contributed by atoms with Crippen LogP contribution < -0.4 is 11.1 Å². The zero-order valence-electron chi connectivity index (χ0n) is 8.45. The first kappa shape index (κ1) is 10.7. The third-order valence-electron chi connectivity index (χ3n) is 1.87. The minimum atomic E-state index is -0.0409. The maximum atomic E-state index is 11.4. The third-order valence-corrected chi connectivity index (χ3v) is 1.87. The van der Waals surface area contributed by atoms with E-state index < -0.39 is 0 Å². The monoisotopic (exact) mass is 193 g/mol. The minimum absolute atomic E-state index is 0.0206. The van der Waals surface area contributed by atoms with E-state index in [4.69, 9.17) is 5.73 Å². The zero-order chi connectivity index (χ0) is 10.6. The van der Waals surface area contributed by atoms with Gasteiger partial charge in [0, 0.05) is 18.7 Å². The molecule has 0 atom stereocenters. The molecule has 14 heavy (non-hydrogen) atoms. The van der Waals surface area contributed by atoms with E-state index in [9.17, 15) is 4.79 Å². The molecule has 0 saturated heterocycles. The Morgan fingerprint density at radius 2 is 2.36 bits per heavy atom. The summed E-state index contributed by atoms with van der Waals surface area (Å²) in [5, 5.41) is 2.78. The summed E-state index contributed by atoms with van der Waals surface area (Å²) in [5.74, 6) is -0.0615. The summed E-state index contributed by atoms with van der Waals surface area (Å²) in [6.07, 6.45) is 1.66. The number of pyridine rings is 1. The van der Waals surface area contributed by atoms with E-state index in [1.54, 1.807) is 18.3 Å². The van der Waals surface area contributed by atoms with Gasteiger partial charge in [-0.15, -0.1) is 0 Å². The van der Waals surface area contributed by atoms with Gasteiger partial charge in [-0.1, -0.05) is 13.8 Å². The topological polar surface area (TPSA) is 68.0 Å². The van der Waals surface area contributed by atoms with Gasteiger partial charge in [-0.05, 0) is 12.1 Å². The summed E-state index contributed by atoms with van der Waals surface area (Å²) in [7, 11) is 0. The Labute approximate surface area is 83.5 Å². The van der Waals surface area contributed by atoms with E-state index in [1.807, 2.05) is 13.8 Å². The number of carbonyl (C=O) groups excluding carboxylic acids is 1. The summed E-state index contributed by atoms with van der Waals surface area (Å²) in [4.78, 5) is 15.5. The highest BCUT2D eigenvalue weighted by atomic mass is 16.1. The number of hydrogen-bond donors (Lipinski definition) is 2. The Balaban J connectivity index is 2.80. The number of carbonyl (C=O) groups is 1. The molecule has 0 radical (unpaired) electrons. The average Bonchev–Trinajstić information content (AvgIpc) is 2.18. The maximum absolute atomic E-state index is 11.4. The Morgan fingerprint density at radius 3 is 2.93 bits per heavy atom. The molecule has 1 rings (SSSR count). The van der Waals surface area contributed by atoms with Crippen LogP contribution >= 0.6 is 0 Å². The van der Waals surface area contributed by atoms with Crippen molar-refractivity contribution in [2.75, 3.05) is 5.32 Å². The minimum Gasteiger partial charge on any atom is -0.325 e. The number of aromatic nitrogens is 1. The van der Waals surface area contributed by atoms with E-state index in [-0.39, 0.29) is 11.8 Å². The van der Waals surface area contributed by atoms with Crippen LogP contribution in [0.25, 0.3) is 0 Å². The summed E-state index contributed by atoms with van der Waals surface area (Å²) >= 11 is 0. The van der Waals surface area contributed by atoms with Crippen LogP contribution in [0.5, 0.6) is 0 Å². The Hall–Kier alpha value is -1.42. The molecule has 76 valence electrons. The Kier molecular flexibility index (Phi) is 3.59. The molecule has 0 spiro atoms. The van der Waals surface area contributed by atoms with Crippen molar-refractivity contribution in [1.29, 1.82) is 0 Å². The van der Waals surface area contributed by atoms with E-state index in [1.165, 1.54) is 0 Å². The van der Waals surface area contributed by atoms with Gasteiger partial charge < -0.3 is 11.1 Å². The molecule has 1 heterocycles. The normalized spacial score (nSPS) is 10.3. The van der Waals surface area contributed by atoms with Crippen molar-refractivity contribution in [3.63, 3.8) is 0 Å². The first-order valence-electron chi connectivity index (χ1n) is 4.60. The molecule has 0 bridgehead atoms. The number of hydrogen-bond acceptors (Lipinski definition) is 3. The average molecular weight is 193 g/mol. The molecule has 0 aliphatic carbocycles. The van der Waals surface area contributed by atoms with Crippen LogP contribution in [-0.4, -0.2) is 10.9 Å². The molecule has 1 aromatic heterocycles. The van der Waals surface area contributed by atoms with Crippen LogP contribution in [0.1, 0.15) is 19.5 Å². The molecule has 1 aromatic rings. The van der Waals surface area contributed by atoms with Gasteiger partial charge in [-0.25, -0.2) is 0 Å². The molecule has 0 aliphatic heterocycles. The van der Waals surface area contributed by atoms with Crippen molar-refractivity contribution in [2.24, 2.45) is 11.7 Å². The second-order valence-corrected chi connectivity index (χ2v) is 3.35. The second kappa shape index (κ2) is 4.72. The third kappa shape index (κ3) is 2.53. The van der Waals surface area contributed by atoms with E-state index in [2.05, 4.69) is 10.3 Å². The van der Waals surface area contributed by atoms with Crippen LogP contribution in [0.4, 0.5) is 5.69 Å². The van der Waals surface area contributed by atoms with Crippen LogP contribution in [0, 0.1) is 5.92 Å². The van der Waals surface area contributed by atoms with E-state index in [0.717, 1.165) is 0 Å². The second-order valence-electron chi connectivity index (χ2n) is 3.35. The number of rotatable bonds is 3. The fourth-order valence-corrected chi connectivity index (χ4v) is 0.992. The zero-order valence-corrected chi connectivity index (χ0v) is 8.45. The molecule has 0 aliphatic rings. The largest absolute Gasteiger partial charge is 0.325 e. The van der Waals surface area contributed by atoms with Crippen LogP contribution in [0.3, 0.4) is 0 Å². The highest BCUT2D eigenvalue weighted by Crippen LogP contribution is 2.12. The van der Waals surface area contributed by atoms with Crippen LogP contribution in [-0.2, 0) is 11.3 Å². The van der Waals surface area contributed by atoms with Crippen molar-refractivity contribution in [3.05, 3.63) is 24.0 Å². The predicted octanol–water partition coefficient (Wildman–Crippen LogP) is 1.13. The number of nitrogens with one attached hydrogen (secondary N) is 1. The molecule has 0 unspecified atom stereocenters. The number of nitrogens with zero attached hydrogens (tertiary/aromatic N) is 1. The van der Waals surface area contributed by atoms with Gasteiger partial charge >= 0.3 is 0 Å². The molecule has 0 aromatic carbocycles. The molecule has 1 amide bonds. The molecular weight excluding hydrogens is 178 g/mol. The van der Waals surface area contributed by atoms with Crippen LogP contribution in [0.15, 0.2) is 18.3 Å². The van der Waals surface area contributed by atoms with E-state index in [0.29, 0.717) is 17.9 Å². The van der Waals surface area contributed by atoms with Crippen molar-refractivity contribution in [3.8, 4) is 0 Å². The van der Waals surface area contributed by atoms with Gasteiger partial charge in [0.15, 0.2) is 0 Å². The predicted molar refractivity (Wildman–Crippen MR) is 55.6 cm³/mol. The number of nitrogens with two attached hydrogens (primary N) is 1. The molecule has 3 N–H and O–H groups in total. The smallest absolute Gasteiger partial charge is 0.226 e. The van der Waals surface area contributed by atoms with Crippen LogP contribution in [0.2, 0.25) is 0 Å². The molecule has 4 nitrogen and oxygen atoms in total. The Bertz CT molecular complexity index is 323. The molecular formula is C10H15N3O. The number of anilines is 1. The summed E-state index contributed by atoms with van der Waals surface area (Å²) in [6.45, 7) is 4.01. The lowest BCUT2D eigenvalue weighted by molar-refractivity contribution is -0.118. The molecule has 0 fully saturated rings. The summed E-state index contributed by atoms with van der Waals surface area (Å²) < 4.78 is 0. The highest BCUT2D eigenvalue weighted by Gasteiger charge is 2.09. The van der Waals surface area contributed by atoms with Crippen molar-refractivity contribution in [2.45, 2.75) is 20.4 Å². The summed E-state index contributed by atoms with van der Waals surface area (Å²) in [5.41, 5.74) is 6.90. The maximum Gasteiger partial charge on any atom is 0.226 e. The summed E-state index contributed by atoms with van der Waals surface area (Å²) in [6, 6.07) is 3.57. The quantitative estimate of drug-likeness (QED) is 0.756. The lowest BCUT2D eigenvalue weighted by Gasteiger charge is -2.10. The van der Waals surface area contributed by atoms with Crippen molar-refractivity contribution in [1.82, 2.24) is 4.98 Å². The Morgan fingerprint density at radius 1 is 1.64 bits per heavy atom. The van der Waals surface area contributed by atoms with Gasteiger partial charge in [-0.3, -0.25) is 9.78 Å². The van der Waals surface area contributed by atoms with Gasteiger partial charge in [0.2, 0.25) is 5.91 Å². The first-order valence-corrected chi connectivity index (χ1v) is 4.60. The lowest BCUT2D eigenvalue weighted by atomic mass is 10.2. The van der Waals surface area contributed by atoms with Gasteiger partial charge in [0.05, 0.1) is 11.4 Å². The fourth-order valence-electron chi connectivity index (χ4n) is 0.992. The first-order chi connectivity index (χ1) is 6.65. The van der Waals surface area contributed by atoms with E-state index >= 15 is 0 Å². The standard InChI is InChI=1S/C10H15N3O/c1-7(2)10(14)13-8-4-3-5-12-9(8)6-11/h3-5,7H,6,11H2,1-2H3,(H,13,14). The van der Waals surface area contributed by atoms with Gasteiger partial charge in [0.1, 0.15) is 0 Å². The molecule has 0 saturated carbocycles. The SMILES string of the molecule is CC(C)C(=O)Nc1cccnc1CN. The fraction of sp³-hybridized carbons (Fsp3) is 0.400.